The molecular weight excluding hydrogens is 432 g/mol. The molecule has 4 nitrogen and oxygen atoms in total. The van der Waals surface area contributed by atoms with Crippen LogP contribution < -0.4 is 4.74 Å². The van der Waals surface area contributed by atoms with Gasteiger partial charge in [-0.1, -0.05) is 48.5 Å². The lowest BCUT2D eigenvalue weighted by Gasteiger charge is -2.58. The standard InChI is InChI=1S/C31H33N2O2/c1-3-21-19-33(20-24-9-6-8-22-7-4-5-10-26(22)24)16-14-23(21)17-30(33)31(34)27-13-15-32-29-12-11-25(35-2)18-28(27)29/h3-13,15,18,21,23,30-31,34H,1,14,16-17,19-20H2,2H3/q+1/t21-,23-,30-,31+,33-/m0/s1. The summed E-state index contributed by atoms with van der Waals surface area (Å²) < 4.78 is 6.39. The summed E-state index contributed by atoms with van der Waals surface area (Å²) in [5, 5.41) is 15.6. The van der Waals surface area contributed by atoms with Gasteiger partial charge in [0.05, 0.1) is 25.7 Å². The van der Waals surface area contributed by atoms with Gasteiger partial charge < -0.3 is 14.3 Å². The zero-order chi connectivity index (χ0) is 24.0. The van der Waals surface area contributed by atoms with E-state index in [9.17, 15) is 5.11 Å². The van der Waals surface area contributed by atoms with Crippen LogP contribution >= 0.6 is 0 Å². The lowest BCUT2D eigenvalue weighted by Crippen LogP contribution is -2.67. The van der Waals surface area contributed by atoms with Crippen LogP contribution in [0, 0.1) is 11.8 Å². The fourth-order valence-corrected chi connectivity index (χ4v) is 6.89. The van der Waals surface area contributed by atoms with Crippen molar-refractivity contribution in [1.82, 2.24) is 4.98 Å². The number of rotatable bonds is 6. The average molecular weight is 466 g/mol. The van der Waals surface area contributed by atoms with Crippen molar-refractivity contribution >= 4 is 21.7 Å². The van der Waals surface area contributed by atoms with Crippen molar-refractivity contribution in [3.63, 3.8) is 0 Å². The van der Waals surface area contributed by atoms with Crippen LogP contribution in [0.5, 0.6) is 5.75 Å². The van der Waals surface area contributed by atoms with Crippen molar-refractivity contribution < 1.29 is 14.3 Å². The molecule has 5 atom stereocenters. The third-order valence-corrected chi connectivity index (χ3v) is 8.71. The smallest absolute Gasteiger partial charge is 0.131 e. The fourth-order valence-electron chi connectivity index (χ4n) is 6.89. The molecule has 2 bridgehead atoms. The minimum absolute atomic E-state index is 0.126. The lowest BCUT2D eigenvalue weighted by atomic mass is 9.71. The molecule has 3 fully saturated rings. The third kappa shape index (κ3) is 3.72. The van der Waals surface area contributed by atoms with Gasteiger partial charge in [0, 0.05) is 35.9 Å². The highest BCUT2D eigenvalue weighted by atomic mass is 16.5. The van der Waals surface area contributed by atoms with Crippen LogP contribution in [0.4, 0.5) is 0 Å². The topological polar surface area (TPSA) is 42.4 Å². The predicted octanol–water partition coefficient (Wildman–Crippen LogP) is 6.04. The average Bonchev–Trinajstić information content (AvgIpc) is 2.92. The molecule has 7 rings (SSSR count). The Morgan fingerprint density at radius 2 is 1.97 bits per heavy atom. The van der Waals surface area contributed by atoms with Crippen molar-refractivity contribution in [3.05, 3.63) is 96.7 Å². The molecule has 1 N–H and O–H groups in total. The van der Waals surface area contributed by atoms with Crippen molar-refractivity contribution in [2.45, 2.75) is 31.5 Å². The third-order valence-electron chi connectivity index (χ3n) is 8.71. The number of ether oxygens (including phenoxy) is 1. The summed E-state index contributed by atoms with van der Waals surface area (Å²) in [5.41, 5.74) is 3.21. The van der Waals surface area contributed by atoms with E-state index in [1.165, 1.54) is 22.8 Å². The molecule has 1 aromatic heterocycles. The second-order valence-electron chi connectivity index (χ2n) is 10.4. The van der Waals surface area contributed by atoms with Crippen molar-refractivity contribution in [3.8, 4) is 5.75 Å². The first kappa shape index (κ1) is 22.3. The first-order valence-electron chi connectivity index (χ1n) is 12.7. The Balaban J connectivity index is 1.44. The quantitative estimate of drug-likeness (QED) is 0.279. The van der Waals surface area contributed by atoms with E-state index in [1.807, 2.05) is 30.5 Å². The van der Waals surface area contributed by atoms with Crippen molar-refractivity contribution in [2.75, 3.05) is 20.2 Å². The molecule has 0 aliphatic carbocycles. The predicted molar refractivity (Wildman–Crippen MR) is 141 cm³/mol. The van der Waals surface area contributed by atoms with Crippen LogP contribution in [0.15, 0.2) is 85.6 Å². The van der Waals surface area contributed by atoms with Gasteiger partial charge in [-0.2, -0.15) is 0 Å². The van der Waals surface area contributed by atoms with E-state index in [-0.39, 0.29) is 6.04 Å². The van der Waals surface area contributed by atoms with E-state index in [2.05, 4.69) is 60.1 Å². The van der Waals surface area contributed by atoms with Crippen molar-refractivity contribution in [1.29, 1.82) is 0 Å². The molecule has 4 aromatic rings. The number of hydrogen-bond acceptors (Lipinski definition) is 3. The van der Waals surface area contributed by atoms with Gasteiger partial charge in [-0.25, -0.2) is 0 Å². The highest BCUT2D eigenvalue weighted by Crippen LogP contribution is 2.48. The molecule has 0 unspecified atom stereocenters. The molecule has 3 aliphatic rings. The fraction of sp³-hybridized carbons (Fsp3) is 0.323. The number of quaternary nitrogens is 1. The van der Waals surface area contributed by atoms with E-state index >= 15 is 0 Å². The molecule has 4 heterocycles. The maximum atomic E-state index is 12.0. The molecule has 3 aromatic carbocycles. The van der Waals surface area contributed by atoms with Gasteiger partial charge in [0.1, 0.15) is 24.4 Å². The van der Waals surface area contributed by atoms with E-state index in [4.69, 9.17) is 4.74 Å². The Hall–Kier alpha value is -3.21. The number of benzene rings is 3. The number of fused-ring (bicyclic) bond motifs is 5. The highest BCUT2D eigenvalue weighted by Gasteiger charge is 2.54. The maximum Gasteiger partial charge on any atom is 0.131 e. The first-order chi connectivity index (χ1) is 17.1. The van der Waals surface area contributed by atoms with Gasteiger partial charge in [-0.05, 0) is 46.5 Å². The second kappa shape index (κ2) is 8.78. The van der Waals surface area contributed by atoms with Gasteiger partial charge in [0.15, 0.2) is 0 Å². The molecule has 0 spiro atoms. The molecule has 0 saturated carbocycles. The monoisotopic (exact) mass is 465 g/mol. The number of aliphatic hydroxyl groups excluding tert-OH is 1. The Bertz CT molecular complexity index is 1390. The number of piperidine rings is 3. The molecule has 4 heteroatoms. The summed E-state index contributed by atoms with van der Waals surface area (Å²) >= 11 is 0. The Kier molecular flexibility index (Phi) is 5.58. The highest BCUT2D eigenvalue weighted by molar-refractivity contribution is 5.85. The van der Waals surface area contributed by atoms with E-state index in [0.29, 0.717) is 11.8 Å². The minimum atomic E-state index is -0.573. The van der Waals surface area contributed by atoms with Gasteiger partial charge in [0.25, 0.3) is 0 Å². The number of pyridine rings is 1. The SMILES string of the molecule is C=C[C@H]1C[N@+]2(Cc3cccc4ccccc34)CC[C@H]1C[C@H]2[C@H](O)c1ccnc2ccc(OC)cc12. The van der Waals surface area contributed by atoms with Crippen LogP contribution in [-0.4, -0.2) is 40.8 Å². The summed E-state index contributed by atoms with van der Waals surface area (Å²) in [5.74, 6) is 1.87. The molecule has 3 aliphatic heterocycles. The largest absolute Gasteiger partial charge is 0.497 e. The summed E-state index contributed by atoms with van der Waals surface area (Å²) in [6.07, 6.45) is 5.61. The summed E-state index contributed by atoms with van der Waals surface area (Å²) in [6, 6.07) is 23.3. The number of aromatic nitrogens is 1. The summed E-state index contributed by atoms with van der Waals surface area (Å²) in [7, 11) is 1.68. The molecule has 178 valence electrons. The van der Waals surface area contributed by atoms with Crippen LogP contribution in [0.25, 0.3) is 21.7 Å². The van der Waals surface area contributed by atoms with Crippen LogP contribution in [-0.2, 0) is 6.54 Å². The van der Waals surface area contributed by atoms with E-state index < -0.39 is 6.10 Å². The Morgan fingerprint density at radius 3 is 2.83 bits per heavy atom. The summed E-state index contributed by atoms with van der Waals surface area (Å²) in [6.45, 7) is 7.23. The number of aliphatic hydroxyl groups is 1. The number of nitrogens with zero attached hydrogens (tertiary/aromatic N) is 2. The second-order valence-corrected chi connectivity index (χ2v) is 10.4. The van der Waals surface area contributed by atoms with E-state index in [1.54, 1.807) is 7.11 Å². The van der Waals surface area contributed by atoms with Crippen LogP contribution in [0.3, 0.4) is 0 Å². The number of hydrogen-bond donors (Lipinski definition) is 1. The zero-order valence-electron chi connectivity index (χ0n) is 20.3. The lowest BCUT2D eigenvalue weighted by molar-refractivity contribution is -0.984. The molecular formula is C31H33N2O2+. The number of methoxy groups -OCH3 is 1. The molecule has 0 radical (unpaired) electrons. The Labute approximate surface area is 207 Å². The zero-order valence-corrected chi connectivity index (χ0v) is 20.3. The van der Waals surface area contributed by atoms with Gasteiger partial charge in [0.2, 0.25) is 0 Å². The van der Waals surface area contributed by atoms with Gasteiger partial charge in [-0.3, -0.25) is 4.98 Å². The van der Waals surface area contributed by atoms with Gasteiger partial charge in [-0.15, -0.1) is 6.58 Å². The van der Waals surface area contributed by atoms with Crippen molar-refractivity contribution in [2.24, 2.45) is 11.8 Å². The first-order valence-corrected chi connectivity index (χ1v) is 12.7. The van der Waals surface area contributed by atoms with E-state index in [0.717, 1.165) is 52.8 Å². The van der Waals surface area contributed by atoms with Crippen LogP contribution in [0.2, 0.25) is 0 Å². The molecule has 0 amide bonds. The Morgan fingerprint density at radius 1 is 1.11 bits per heavy atom. The molecule has 3 saturated heterocycles. The molecule has 35 heavy (non-hydrogen) atoms. The maximum absolute atomic E-state index is 12.0. The minimum Gasteiger partial charge on any atom is -0.497 e. The van der Waals surface area contributed by atoms with Gasteiger partial charge >= 0.3 is 0 Å². The normalized spacial score (nSPS) is 26.6. The van der Waals surface area contributed by atoms with Crippen LogP contribution in [0.1, 0.15) is 30.1 Å². The summed E-state index contributed by atoms with van der Waals surface area (Å²) in [4.78, 5) is 4.55.